The molecule has 3 amide bonds. The summed E-state index contributed by atoms with van der Waals surface area (Å²) in [4.78, 5) is 25.3. The van der Waals surface area contributed by atoms with Crippen molar-refractivity contribution in [3.05, 3.63) is 18.0 Å². The van der Waals surface area contributed by atoms with Gasteiger partial charge < -0.3 is 10.1 Å². The summed E-state index contributed by atoms with van der Waals surface area (Å²) in [7, 11) is 3.29. The largest absolute Gasteiger partial charge is 0.383 e. The molecule has 0 aliphatic carbocycles. The quantitative estimate of drug-likeness (QED) is 0.755. The van der Waals surface area contributed by atoms with Crippen LogP contribution in [-0.2, 0) is 22.1 Å². The Morgan fingerprint density at radius 3 is 2.78 bits per heavy atom. The van der Waals surface area contributed by atoms with Gasteiger partial charge in [0.05, 0.1) is 19.3 Å². The molecule has 7 nitrogen and oxygen atoms in total. The minimum Gasteiger partial charge on any atom is -0.383 e. The number of amides is 3. The van der Waals surface area contributed by atoms with Crippen LogP contribution in [0.1, 0.15) is 12.5 Å². The van der Waals surface area contributed by atoms with Crippen molar-refractivity contribution >= 4 is 11.9 Å². The summed E-state index contributed by atoms with van der Waals surface area (Å²) < 4.78 is 6.48. The number of ether oxygens (including phenoxy) is 1. The molecule has 7 heteroatoms. The van der Waals surface area contributed by atoms with Gasteiger partial charge in [-0.25, -0.2) is 4.79 Å². The summed E-state index contributed by atoms with van der Waals surface area (Å²) >= 11 is 0. The van der Waals surface area contributed by atoms with Crippen molar-refractivity contribution in [2.45, 2.75) is 12.5 Å². The Labute approximate surface area is 105 Å². The van der Waals surface area contributed by atoms with Gasteiger partial charge in [-0.3, -0.25) is 14.4 Å². The predicted molar refractivity (Wildman–Crippen MR) is 62.7 cm³/mol. The number of hydrogen-bond donors (Lipinski definition) is 1. The highest BCUT2D eigenvalue weighted by Crippen LogP contribution is 2.27. The van der Waals surface area contributed by atoms with E-state index in [1.54, 1.807) is 31.0 Å². The molecule has 2 heterocycles. The summed E-state index contributed by atoms with van der Waals surface area (Å²) in [6.07, 6.45) is 3.30. The Hall–Kier alpha value is -1.89. The van der Waals surface area contributed by atoms with Gasteiger partial charge in [-0.2, -0.15) is 5.10 Å². The Bertz CT molecular complexity index is 484. The van der Waals surface area contributed by atoms with Gasteiger partial charge in [0.25, 0.3) is 5.91 Å². The van der Waals surface area contributed by atoms with E-state index in [1.165, 1.54) is 7.11 Å². The summed E-state index contributed by atoms with van der Waals surface area (Å²) in [6, 6.07) is -0.400. The number of imide groups is 1. The minimum absolute atomic E-state index is 0.247. The molecule has 1 N–H and O–H groups in total. The summed E-state index contributed by atoms with van der Waals surface area (Å²) in [5.74, 6) is -0.280. The van der Waals surface area contributed by atoms with E-state index in [4.69, 9.17) is 4.74 Å². The normalized spacial score (nSPS) is 23.6. The number of urea groups is 1. The monoisotopic (exact) mass is 252 g/mol. The molecule has 1 aromatic heterocycles. The molecule has 0 saturated carbocycles. The van der Waals surface area contributed by atoms with Gasteiger partial charge in [-0.05, 0) is 6.92 Å². The third-order valence-corrected chi connectivity index (χ3v) is 3.08. The molecule has 98 valence electrons. The summed E-state index contributed by atoms with van der Waals surface area (Å²) in [6.45, 7) is 2.25. The van der Waals surface area contributed by atoms with Crippen molar-refractivity contribution in [1.82, 2.24) is 20.0 Å². The fourth-order valence-corrected chi connectivity index (χ4v) is 1.96. The number of hydrogen-bond acceptors (Lipinski definition) is 4. The molecule has 0 radical (unpaired) electrons. The van der Waals surface area contributed by atoms with Crippen molar-refractivity contribution in [2.75, 3.05) is 20.3 Å². The Morgan fingerprint density at radius 1 is 1.50 bits per heavy atom. The van der Waals surface area contributed by atoms with Crippen LogP contribution in [-0.4, -0.2) is 46.9 Å². The molecular weight excluding hydrogens is 236 g/mol. The van der Waals surface area contributed by atoms with Gasteiger partial charge in [0.15, 0.2) is 0 Å². The van der Waals surface area contributed by atoms with Gasteiger partial charge >= 0.3 is 6.03 Å². The number of methoxy groups -OCH3 is 1. The van der Waals surface area contributed by atoms with Gasteiger partial charge in [-0.15, -0.1) is 0 Å². The number of rotatable bonds is 4. The number of aromatic nitrogens is 2. The number of aryl methyl sites for hydroxylation is 1. The fourth-order valence-electron chi connectivity index (χ4n) is 1.96. The van der Waals surface area contributed by atoms with E-state index in [2.05, 4.69) is 10.4 Å². The second kappa shape index (κ2) is 4.41. The lowest BCUT2D eigenvalue weighted by Gasteiger charge is -2.19. The van der Waals surface area contributed by atoms with Crippen molar-refractivity contribution in [2.24, 2.45) is 7.05 Å². The predicted octanol–water partition coefficient (Wildman–Crippen LogP) is -0.167. The second-order valence-corrected chi connectivity index (χ2v) is 4.41. The van der Waals surface area contributed by atoms with Crippen LogP contribution >= 0.6 is 0 Å². The van der Waals surface area contributed by atoms with E-state index in [9.17, 15) is 9.59 Å². The zero-order valence-electron chi connectivity index (χ0n) is 10.6. The highest BCUT2D eigenvalue weighted by atomic mass is 16.5. The molecule has 1 aliphatic heterocycles. The number of nitrogens with zero attached hydrogens (tertiary/aromatic N) is 3. The molecule has 1 aliphatic rings. The molecule has 1 fully saturated rings. The lowest BCUT2D eigenvalue weighted by Crippen LogP contribution is -2.41. The molecule has 0 bridgehead atoms. The molecule has 0 spiro atoms. The first-order valence-corrected chi connectivity index (χ1v) is 5.61. The third kappa shape index (κ3) is 1.86. The van der Waals surface area contributed by atoms with E-state index < -0.39 is 11.6 Å². The highest BCUT2D eigenvalue weighted by Gasteiger charge is 2.49. The van der Waals surface area contributed by atoms with Gasteiger partial charge in [0.2, 0.25) is 0 Å². The fraction of sp³-hybridized carbons (Fsp3) is 0.545. The van der Waals surface area contributed by atoms with Crippen molar-refractivity contribution in [3.63, 3.8) is 0 Å². The summed E-state index contributed by atoms with van der Waals surface area (Å²) in [5, 5.41) is 6.72. The lowest BCUT2D eigenvalue weighted by molar-refractivity contribution is -0.131. The smallest absolute Gasteiger partial charge is 0.325 e. The first kappa shape index (κ1) is 12.6. The zero-order chi connectivity index (χ0) is 13.3. The van der Waals surface area contributed by atoms with Crippen LogP contribution in [0.3, 0.4) is 0 Å². The molecule has 18 heavy (non-hydrogen) atoms. The van der Waals surface area contributed by atoms with Gasteiger partial charge in [-0.1, -0.05) is 0 Å². The zero-order valence-corrected chi connectivity index (χ0v) is 10.6. The van der Waals surface area contributed by atoms with E-state index in [0.717, 1.165) is 4.90 Å². The van der Waals surface area contributed by atoms with Crippen LogP contribution < -0.4 is 5.32 Å². The van der Waals surface area contributed by atoms with Gasteiger partial charge in [0, 0.05) is 25.9 Å². The second-order valence-electron chi connectivity index (χ2n) is 4.41. The van der Waals surface area contributed by atoms with E-state index in [1.807, 2.05) is 0 Å². The number of carbonyl (C=O) groups is 2. The highest BCUT2D eigenvalue weighted by molar-refractivity contribution is 6.07. The van der Waals surface area contributed by atoms with Crippen LogP contribution in [0.25, 0.3) is 0 Å². The maximum absolute atomic E-state index is 12.3. The van der Waals surface area contributed by atoms with E-state index in [0.29, 0.717) is 12.2 Å². The molecule has 1 saturated heterocycles. The van der Waals surface area contributed by atoms with Crippen LogP contribution in [0.5, 0.6) is 0 Å². The van der Waals surface area contributed by atoms with Crippen molar-refractivity contribution < 1.29 is 14.3 Å². The van der Waals surface area contributed by atoms with Crippen LogP contribution in [0.15, 0.2) is 12.4 Å². The molecular formula is C11H16N4O3. The molecule has 1 aromatic rings. The third-order valence-electron chi connectivity index (χ3n) is 3.08. The maximum Gasteiger partial charge on any atom is 0.325 e. The molecule has 1 unspecified atom stereocenters. The summed E-state index contributed by atoms with van der Waals surface area (Å²) in [5.41, 5.74) is -0.373. The van der Waals surface area contributed by atoms with Gasteiger partial charge in [0.1, 0.15) is 5.54 Å². The van der Waals surface area contributed by atoms with E-state index in [-0.39, 0.29) is 12.5 Å². The Morgan fingerprint density at radius 2 is 2.22 bits per heavy atom. The average Bonchev–Trinajstić information content (AvgIpc) is 2.83. The average molecular weight is 252 g/mol. The Kier molecular flexibility index (Phi) is 3.08. The topological polar surface area (TPSA) is 76.5 Å². The molecule has 0 aromatic carbocycles. The maximum atomic E-state index is 12.3. The first-order chi connectivity index (χ1) is 8.49. The Balaban J connectivity index is 2.25. The molecule has 2 rings (SSSR count). The van der Waals surface area contributed by atoms with Crippen LogP contribution in [0.4, 0.5) is 4.79 Å². The molecule has 1 atom stereocenters. The lowest BCUT2D eigenvalue weighted by atomic mass is 9.95. The van der Waals surface area contributed by atoms with Crippen molar-refractivity contribution in [3.8, 4) is 0 Å². The standard InChI is InChI=1S/C11H16N4O3/c1-11(8-6-12-14(2)7-8)9(16)15(4-5-18-3)10(17)13-11/h6-7H,4-5H2,1-3H3,(H,13,17). The van der Waals surface area contributed by atoms with E-state index >= 15 is 0 Å². The van der Waals surface area contributed by atoms with Crippen molar-refractivity contribution in [1.29, 1.82) is 0 Å². The van der Waals surface area contributed by atoms with Crippen LogP contribution in [0, 0.1) is 0 Å². The SMILES string of the molecule is COCCN1C(=O)NC(C)(c2cnn(C)c2)C1=O. The number of nitrogens with one attached hydrogen (secondary N) is 1. The number of carbonyl (C=O) groups excluding carboxylic acids is 2. The first-order valence-electron chi connectivity index (χ1n) is 5.61. The van der Waals surface area contributed by atoms with Crippen LogP contribution in [0.2, 0.25) is 0 Å². The minimum atomic E-state index is -1.04.